The standard InChI is InChI=1S/C14H11ClF3NO/c15-10-1-6-13(20-14(17)18)9(7-10)8-19-12-4-2-11(16)3-5-12/h1-7,14,19H,8H2. The molecule has 2 rings (SSSR count). The number of ether oxygens (including phenoxy) is 1. The van der Waals surface area contributed by atoms with Gasteiger partial charge < -0.3 is 10.1 Å². The highest BCUT2D eigenvalue weighted by Gasteiger charge is 2.10. The van der Waals surface area contributed by atoms with E-state index in [1.165, 1.54) is 30.3 Å². The molecule has 0 amide bonds. The number of hydrogen-bond acceptors (Lipinski definition) is 2. The molecular weight excluding hydrogens is 291 g/mol. The summed E-state index contributed by atoms with van der Waals surface area (Å²) >= 11 is 5.84. The van der Waals surface area contributed by atoms with Gasteiger partial charge >= 0.3 is 6.61 Å². The van der Waals surface area contributed by atoms with E-state index in [1.807, 2.05) is 0 Å². The average molecular weight is 302 g/mol. The van der Waals surface area contributed by atoms with E-state index in [1.54, 1.807) is 12.1 Å². The Balaban J connectivity index is 2.11. The van der Waals surface area contributed by atoms with E-state index >= 15 is 0 Å². The van der Waals surface area contributed by atoms with E-state index in [4.69, 9.17) is 11.6 Å². The molecule has 0 saturated carbocycles. The number of nitrogens with one attached hydrogen (secondary N) is 1. The van der Waals surface area contributed by atoms with Crippen molar-refractivity contribution in [2.75, 3.05) is 5.32 Å². The van der Waals surface area contributed by atoms with Crippen molar-refractivity contribution in [1.82, 2.24) is 0 Å². The zero-order chi connectivity index (χ0) is 14.5. The SMILES string of the molecule is Fc1ccc(NCc2cc(Cl)ccc2OC(F)F)cc1. The predicted molar refractivity (Wildman–Crippen MR) is 71.8 cm³/mol. The molecule has 1 N–H and O–H groups in total. The number of rotatable bonds is 5. The minimum Gasteiger partial charge on any atom is -0.434 e. The maximum atomic E-state index is 12.8. The van der Waals surface area contributed by atoms with E-state index in [-0.39, 0.29) is 18.1 Å². The lowest BCUT2D eigenvalue weighted by Gasteiger charge is -2.12. The van der Waals surface area contributed by atoms with Crippen LogP contribution in [0.4, 0.5) is 18.9 Å². The minimum atomic E-state index is -2.90. The van der Waals surface area contributed by atoms with Crippen LogP contribution in [0.2, 0.25) is 5.02 Å². The summed E-state index contributed by atoms with van der Waals surface area (Å²) in [6, 6.07) is 10.1. The van der Waals surface area contributed by atoms with Gasteiger partial charge in [-0.25, -0.2) is 4.39 Å². The highest BCUT2D eigenvalue weighted by atomic mass is 35.5. The number of halogens is 4. The Hall–Kier alpha value is -1.88. The van der Waals surface area contributed by atoms with Gasteiger partial charge in [0.05, 0.1) is 0 Å². The van der Waals surface area contributed by atoms with Gasteiger partial charge in [-0.3, -0.25) is 0 Å². The molecule has 2 nitrogen and oxygen atoms in total. The summed E-state index contributed by atoms with van der Waals surface area (Å²) in [6.45, 7) is -2.67. The molecule has 0 aliphatic carbocycles. The van der Waals surface area contributed by atoms with Crippen LogP contribution in [0.1, 0.15) is 5.56 Å². The smallest absolute Gasteiger partial charge is 0.387 e. The fourth-order valence-corrected chi connectivity index (χ4v) is 1.86. The van der Waals surface area contributed by atoms with E-state index in [2.05, 4.69) is 10.1 Å². The molecule has 2 aromatic carbocycles. The van der Waals surface area contributed by atoms with Crippen molar-refractivity contribution >= 4 is 17.3 Å². The highest BCUT2D eigenvalue weighted by Crippen LogP contribution is 2.25. The summed E-state index contributed by atoms with van der Waals surface area (Å²) in [5, 5.41) is 3.40. The van der Waals surface area contributed by atoms with E-state index in [0.717, 1.165) is 0 Å². The molecule has 0 heterocycles. The molecule has 0 unspecified atom stereocenters. The largest absolute Gasteiger partial charge is 0.434 e. The summed E-state index contributed by atoms with van der Waals surface area (Å²) in [5.41, 5.74) is 1.15. The Bertz CT molecular complexity index is 575. The number of hydrogen-bond donors (Lipinski definition) is 1. The quantitative estimate of drug-likeness (QED) is 0.865. The molecule has 6 heteroatoms. The Kier molecular flexibility index (Phi) is 4.74. The highest BCUT2D eigenvalue weighted by molar-refractivity contribution is 6.30. The summed E-state index contributed by atoms with van der Waals surface area (Å²) < 4.78 is 41.8. The minimum absolute atomic E-state index is 0.0546. The lowest BCUT2D eigenvalue weighted by atomic mass is 10.2. The first-order valence-electron chi connectivity index (χ1n) is 5.77. The molecule has 0 aromatic heterocycles. The fourth-order valence-electron chi connectivity index (χ4n) is 1.66. The van der Waals surface area contributed by atoms with Crippen molar-refractivity contribution in [3.63, 3.8) is 0 Å². The van der Waals surface area contributed by atoms with Gasteiger partial charge in [-0.15, -0.1) is 0 Å². The van der Waals surface area contributed by atoms with Gasteiger partial charge in [-0.05, 0) is 42.5 Å². The zero-order valence-corrected chi connectivity index (χ0v) is 11.0. The monoisotopic (exact) mass is 301 g/mol. The predicted octanol–water partition coefficient (Wildman–Crippen LogP) is 4.69. The molecule has 106 valence electrons. The maximum absolute atomic E-state index is 12.8. The molecule has 0 saturated heterocycles. The fraction of sp³-hybridized carbons (Fsp3) is 0.143. The Morgan fingerprint density at radius 1 is 1.10 bits per heavy atom. The number of alkyl halides is 2. The first-order chi connectivity index (χ1) is 9.54. The summed E-state index contributed by atoms with van der Waals surface area (Å²) in [7, 11) is 0. The van der Waals surface area contributed by atoms with Crippen molar-refractivity contribution in [3.8, 4) is 5.75 Å². The van der Waals surface area contributed by atoms with Crippen LogP contribution in [0, 0.1) is 5.82 Å². The van der Waals surface area contributed by atoms with Crippen molar-refractivity contribution in [2.45, 2.75) is 13.2 Å². The van der Waals surface area contributed by atoms with Crippen molar-refractivity contribution < 1.29 is 17.9 Å². The number of anilines is 1. The van der Waals surface area contributed by atoms with Gasteiger partial charge in [0.25, 0.3) is 0 Å². The second kappa shape index (κ2) is 6.52. The van der Waals surface area contributed by atoms with Crippen LogP contribution < -0.4 is 10.1 Å². The second-order valence-corrected chi connectivity index (χ2v) is 4.43. The third-order valence-electron chi connectivity index (χ3n) is 2.57. The molecule has 2 aromatic rings. The Morgan fingerprint density at radius 2 is 1.80 bits per heavy atom. The van der Waals surface area contributed by atoms with E-state index < -0.39 is 6.61 Å². The zero-order valence-electron chi connectivity index (χ0n) is 10.2. The van der Waals surface area contributed by atoms with Crippen LogP contribution in [-0.2, 0) is 6.54 Å². The van der Waals surface area contributed by atoms with Crippen LogP contribution in [0.25, 0.3) is 0 Å². The van der Waals surface area contributed by atoms with E-state index in [0.29, 0.717) is 16.3 Å². The van der Waals surface area contributed by atoms with Crippen LogP contribution in [0.15, 0.2) is 42.5 Å². The molecule has 0 bridgehead atoms. The second-order valence-electron chi connectivity index (χ2n) is 3.99. The Labute approximate surface area is 119 Å². The molecule has 20 heavy (non-hydrogen) atoms. The van der Waals surface area contributed by atoms with Crippen LogP contribution in [-0.4, -0.2) is 6.61 Å². The van der Waals surface area contributed by atoms with Crippen LogP contribution >= 0.6 is 11.6 Å². The summed E-state index contributed by atoms with van der Waals surface area (Å²) in [5.74, 6) is -0.293. The average Bonchev–Trinajstić information content (AvgIpc) is 2.40. The topological polar surface area (TPSA) is 21.3 Å². The van der Waals surface area contributed by atoms with Gasteiger partial charge in [-0.1, -0.05) is 11.6 Å². The molecule has 0 fully saturated rings. The van der Waals surface area contributed by atoms with Crippen LogP contribution in [0.5, 0.6) is 5.75 Å². The summed E-state index contributed by atoms with van der Waals surface area (Å²) in [6.07, 6.45) is 0. The number of benzene rings is 2. The van der Waals surface area contributed by atoms with Crippen molar-refractivity contribution in [3.05, 3.63) is 58.9 Å². The molecule has 0 aliphatic heterocycles. The molecular formula is C14H11ClF3NO. The van der Waals surface area contributed by atoms with Crippen molar-refractivity contribution in [2.24, 2.45) is 0 Å². The molecule has 0 aliphatic rings. The first kappa shape index (κ1) is 14.5. The van der Waals surface area contributed by atoms with Crippen molar-refractivity contribution in [1.29, 1.82) is 0 Å². The Morgan fingerprint density at radius 3 is 2.45 bits per heavy atom. The normalized spacial score (nSPS) is 10.7. The third-order valence-corrected chi connectivity index (χ3v) is 2.80. The van der Waals surface area contributed by atoms with Gasteiger partial charge in [-0.2, -0.15) is 8.78 Å². The van der Waals surface area contributed by atoms with Gasteiger partial charge in [0.2, 0.25) is 0 Å². The molecule has 0 spiro atoms. The van der Waals surface area contributed by atoms with Gasteiger partial charge in [0, 0.05) is 22.8 Å². The first-order valence-corrected chi connectivity index (χ1v) is 6.15. The molecule has 0 radical (unpaired) electrons. The van der Waals surface area contributed by atoms with E-state index in [9.17, 15) is 13.2 Å². The van der Waals surface area contributed by atoms with Gasteiger partial charge in [0.15, 0.2) is 0 Å². The van der Waals surface area contributed by atoms with Crippen LogP contribution in [0.3, 0.4) is 0 Å². The summed E-state index contributed by atoms with van der Waals surface area (Å²) in [4.78, 5) is 0. The molecule has 0 atom stereocenters. The lowest BCUT2D eigenvalue weighted by Crippen LogP contribution is -2.07. The third kappa shape index (κ3) is 4.06. The maximum Gasteiger partial charge on any atom is 0.387 e. The van der Waals surface area contributed by atoms with Gasteiger partial charge in [0.1, 0.15) is 11.6 Å². The lowest BCUT2D eigenvalue weighted by molar-refractivity contribution is -0.0504.